The third kappa shape index (κ3) is 4.38. The molecule has 0 saturated heterocycles. The predicted octanol–water partition coefficient (Wildman–Crippen LogP) is 5.81. The van der Waals surface area contributed by atoms with Gasteiger partial charge in [-0.3, -0.25) is 9.59 Å². The molecule has 0 radical (unpaired) electrons. The average molecular weight is 485 g/mol. The zero-order chi connectivity index (χ0) is 23.7. The third-order valence-corrected chi connectivity index (χ3v) is 7.90. The number of carbonyl (C=O) groups is 1. The van der Waals surface area contributed by atoms with E-state index in [2.05, 4.69) is 30.5 Å². The fourth-order valence-electron chi connectivity index (χ4n) is 5.05. The fraction of sp³-hybridized carbons (Fsp3) is 0.385. The Balaban J connectivity index is 1.60. The van der Waals surface area contributed by atoms with E-state index in [1.54, 1.807) is 41.9 Å². The molecular weight excluding hydrogens is 456 g/mol. The molecule has 2 aromatic carbocycles. The van der Waals surface area contributed by atoms with Gasteiger partial charge >= 0.3 is 0 Å². The van der Waals surface area contributed by atoms with E-state index in [9.17, 15) is 14.7 Å². The van der Waals surface area contributed by atoms with Crippen molar-refractivity contribution in [1.82, 2.24) is 9.47 Å². The highest BCUT2D eigenvalue weighted by atomic mass is 35.5. The molecule has 0 atom stereocenters. The van der Waals surface area contributed by atoms with Crippen LogP contribution in [0.25, 0.3) is 10.9 Å². The smallest absolute Gasteiger partial charge is 0.267 e. The van der Waals surface area contributed by atoms with Crippen molar-refractivity contribution in [3.05, 3.63) is 69.0 Å². The van der Waals surface area contributed by atoms with Crippen LogP contribution in [-0.4, -0.2) is 39.3 Å². The number of halogens is 1. The first kappa shape index (κ1) is 23.7. The Bertz CT molecular complexity index is 1250. The Hall–Kier alpha value is -2.44. The largest absolute Gasteiger partial charge is 0.506 e. The van der Waals surface area contributed by atoms with E-state index < -0.39 is 11.5 Å². The van der Waals surface area contributed by atoms with Gasteiger partial charge < -0.3 is 14.6 Å². The summed E-state index contributed by atoms with van der Waals surface area (Å²) in [5.41, 5.74) is 1.14. The van der Waals surface area contributed by atoms with Crippen LogP contribution in [-0.2, 0) is 7.05 Å². The van der Waals surface area contributed by atoms with Crippen LogP contribution in [0, 0.1) is 0 Å². The van der Waals surface area contributed by atoms with Gasteiger partial charge in [0.15, 0.2) is 0 Å². The van der Waals surface area contributed by atoms with Crippen molar-refractivity contribution in [3.8, 4) is 5.75 Å². The molecule has 5 nitrogen and oxygen atoms in total. The average Bonchev–Trinajstić information content (AvgIpc) is 2.83. The van der Waals surface area contributed by atoms with Crippen LogP contribution in [0.15, 0.2) is 52.2 Å². The summed E-state index contributed by atoms with van der Waals surface area (Å²) in [5, 5.41) is 11.6. The van der Waals surface area contributed by atoms with Gasteiger partial charge in [-0.05, 0) is 74.6 Å². The number of fused-ring (bicyclic) bond motifs is 1. The van der Waals surface area contributed by atoms with E-state index in [4.69, 9.17) is 11.6 Å². The van der Waals surface area contributed by atoms with E-state index in [-0.39, 0.29) is 17.4 Å². The Kier molecular flexibility index (Phi) is 7.05. The lowest BCUT2D eigenvalue weighted by Gasteiger charge is -2.36. The number of amides is 1. The van der Waals surface area contributed by atoms with E-state index in [1.807, 2.05) is 6.92 Å². The minimum Gasteiger partial charge on any atom is -0.506 e. The van der Waals surface area contributed by atoms with Crippen LogP contribution in [0.3, 0.4) is 0 Å². The summed E-state index contributed by atoms with van der Waals surface area (Å²) in [4.78, 5) is 29.6. The number of aromatic hydroxyl groups is 1. The van der Waals surface area contributed by atoms with Gasteiger partial charge in [0.2, 0.25) is 0 Å². The maximum Gasteiger partial charge on any atom is 0.267 e. The second kappa shape index (κ2) is 9.82. The zero-order valence-corrected chi connectivity index (χ0v) is 20.7. The zero-order valence-electron chi connectivity index (χ0n) is 19.2. The molecule has 0 unspecified atom stereocenters. The topological polar surface area (TPSA) is 62.5 Å². The molecule has 1 aromatic heterocycles. The number of thioether (sulfide) groups is 1. The molecule has 1 aliphatic carbocycles. The molecule has 0 spiro atoms. The van der Waals surface area contributed by atoms with Crippen LogP contribution < -0.4 is 5.56 Å². The number of pyridine rings is 1. The fourth-order valence-corrected chi connectivity index (χ4v) is 5.78. The summed E-state index contributed by atoms with van der Waals surface area (Å²) in [6, 6.07) is 13.8. The Morgan fingerprint density at radius 1 is 1.18 bits per heavy atom. The number of aryl methyl sites for hydroxylation is 1. The molecule has 1 N–H and O–H groups in total. The normalized spacial score (nSPS) is 18.4. The van der Waals surface area contributed by atoms with Gasteiger partial charge in [-0.1, -0.05) is 29.8 Å². The van der Waals surface area contributed by atoms with Crippen molar-refractivity contribution in [3.63, 3.8) is 0 Å². The first-order chi connectivity index (χ1) is 15.9. The summed E-state index contributed by atoms with van der Waals surface area (Å²) in [5.74, 6) is -0.280. The lowest BCUT2D eigenvalue weighted by Crippen LogP contribution is -2.44. The summed E-state index contributed by atoms with van der Waals surface area (Å²) < 4.78 is 1.39. The number of carbonyl (C=O) groups excluding carboxylic acids is 1. The van der Waals surface area contributed by atoms with Gasteiger partial charge in [-0.15, -0.1) is 11.8 Å². The summed E-state index contributed by atoms with van der Waals surface area (Å²) in [6.07, 6.45) is 5.78. The quantitative estimate of drug-likeness (QED) is 0.464. The first-order valence-electron chi connectivity index (χ1n) is 11.3. The molecule has 7 heteroatoms. The highest BCUT2D eigenvalue weighted by molar-refractivity contribution is 7.98. The maximum absolute atomic E-state index is 13.6. The minimum atomic E-state index is -0.506. The molecule has 3 aromatic rings. The molecule has 0 bridgehead atoms. The maximum atomic E-state index is 13.6. The van der Waals surface area contributed by atoms with Gasteiger partial charge in [-0.2, -0.15) is 0 Å². The van der Waals surface area contributed by atoms with Gasteiger partial charge in [0.05, 0.1) is 15.9 Å². The summed E-state index contributed by atoms with van der Waals surface area (Å²) in [6.45, 7) is 2.39. The molecule has 0 aliphatic heterocycles. The van der Waals surface area contributed by atoms with Crippen molar-refractivity contribution < 1.29 is 9.90 Å². The number of benzene rings is 2. The predicted molar refractivity (Wildman–Crippen MR) is 136 cm³/mol. The highest BCUT2D eigenvalue weighted by Crippen LogP contribution is 2.37. The van der Waals surface area contributed by atoms with Crippen LogP contribution in [0.1, 0.15) is 54.4 Å². The van der Waals surface area contributed by atoms with Crippen LogP contribution in [0.2, 0.25) is 5.02 Å². The molecule has 33 heavy (non-hydrogen) atoms. The van der Waals surface area contributed by atoms with E-state index in [0.717, 1.165) is 25.7 Å². The number of hydrogen-bond acceptors (Lipinski definition) is 4. The summed E-state index contributed by atoms with van der Waals surface area (Å²) in [7, 11) is 1.60. The van der Waals surface area contributed by atoms with Crippen LogP contribution in [0.5, 0.6) is 5.75 Å². The number of hydrogen-bond donors (Lipinski definition) is 1. The molecule has 1 aliphatic rings. The van der Waals surface area contributed by atoms with E-state index >= 15 is 0 Å². The van der Waals surface area contributed by atoms with E-state index in [1.165, 1.54) is 15.0 Å². The molecule has 1 fully saturated rings. The third-order valence-electron chi connectivity index (χ3n) is 6.86. The molecule has 1 heterocycles. The Labute approximate surface area is 203 Å². The second-order valence-electron chi connectivity index (χ2n) is 8.59. The van der Waals surface area contributed by atoms with Gasteiger partial charge in [-0.25, -0.2) is 0 Å². The van der Waals surface area contributed by atoms with Crippen LogP contribution in [0.4, 0.5) is 0 Å². The van der Waals surface area contributed by atoms with Crippen molar-refractivity contribution >= 4 is 40.2 Å². The van der Waals surface area contributed by atoms with E-state index in [0.29, 0.717) is 28.4 Å². The van der Waals surface area contributed by atoms with Crippen molar-refractivity contribution in [2.75, 3.05) is 12.8 Å². The number of aromatic nitrogens is 1. The SMILES string of the molecule is CCN(C(=O)c1c(O)c2c(Cl)cccc2n(C)c1=O)C1CCC(c2cccc(SC)c2)CC1. The van der Waals surface area contributed by atoms with Gasteiger partial charge in [0.1, 0.15) is 11.3 Å². The lowest BCUT2D eigenvalue weighted by molar-refractivity contribution is 0.0635. The highest BCUT2D eigenvalue weighted by Gasteiger charge is 2.32. The van der Waals surface area contributed by atoms with Crippen molar-refractivity contribution in [1.29, 1.82) is 0 Å². The van der Waals surface area contributed by atoms with Crippen molar-refractivity contribution in [2.45, 2.75) is 49.5 Å². The molecular formula is C26H29ClN2O3S. The Morgan fingerprint density at radius 3 is 2.55 bits per heavy atom. The lowest BCUT2D eigenvalue weighted by atomic mass is 9.81. The summed E-state index contributed by atoms with van der Waals surface area (Å²) >= 11 is 8.06. The standard InChI is InChI=1S/C26H29ClN2O3S/c1-4-29(18-13-11-16(12-14-18)17-7-5-8-19(15-17)33-3)26(32)23-24(30)22-20(27)9-6-10-21(22)28(2)25(23)31/h5-10,15-16,18,30H,4,11-14H2,1-3H3. The van der Waals surface area contributed by atoms with Gasteiger partial charge in [0.25, 0.3) is 11.5 Å². The van der Waals surface area contributed by atoms with Gasteiger partial charge in [0, 0.05) is 24.5 Å². The number of nitrogens with zero attached hydrogens (tertiary/aromatic N) is 2. The Morgan fingerprint density at radius 2 is 1.88 bits per heavy atom. The number of rotatable bonds is 5. The van der Waals surface area contributed by atoms with Crippen LogP contribution >= 0.6 is 23.4 Å². The molecule has 1 amide bonds. The molecule has 1 saturated carbocycles. The molecule has 174 valence electrons. The van der Waals surface area contributed by atoms with Crippen molar-refractivity contribution in [2.24, 2.45) is 7.05 Å². The molecule has 4 rings (SSSR count). The monoisotopic (exact) mass is 484 g/mol. The minimum absolute atomic E-state index is 0.0357. The first-order valence-corrected chi connectivity index (χ1v) is 12.9. The second-order valence-corrected chi connectivity index (χ2v) is 9.88.